The predicted octanol–water partition coefficient (Wildman–Crippen LogP) is 8.62. The highest BCUT2D eigenvalue weighted by molar-refractivity contribution is 7.20. The summed E-state index contributed by atoms with van der Waals surface area (Å²) >= 11 is 0. The molecule has 0 saturated heterocycles. The van der Waals surface area contributed by atoms with Gasteiger partial charge in [0, 0.05) is 5.19 Å². The van der Waals surface area contributed by atoms with Crippen LogP contribution in [0.3, 0.4) is 0 Å². The number of hydrogen-bond donors (Lipinski definition) is 0. The Balaban J connectivity index is 1.50. The van der Waals surface area contributed by atoms with Crippen LogP contribution in [-0.4, -0.2) is 8.07 Å². The van der Waals surface area contributed by atoms with Gasteiger partial charge >= 0.3 is 0 Å². The zero-order valence-corrected chi connectivity index (χ0v) is 26.2. The molecule has 228 valence electrons. The molecule has 0 N–H and O–H groups in total. The van der Waals surface area contributed by atoms with Crippen molar-refractivity contribution in [1.82, 2.24) is 0 Å². The van der Waals surface area contributed by atoms with E-state index in [1.165, 1.54) is 36.4 Å². The van der Waals surface area contributed by atoms with E-state index in [1.54, 1.807) is 24.3 Å². The molecule has 0 saturated carbocycles. The van der Waals surface area contributed by atoms with Crippen molar-refractivity contribution in [3.05, 3.63) is 193 Å². The summed E-state index contributed by atoms with van der Waals surface area (Å²) in [5.74, 6) is -2.68. The van der Waals surface area contributed by atoms with Crippen molar-refractivity contribution < 1.29 is 17.6 Å². The topological polar surface area (TPSA) is 0 Å². The van der Waals surface area contributed by atoms with Crippen molar-refractivity contribution >= 4 is 28.8 Å². The van der Waals surface area contributed by atoms with Gasteiger partial charge in [-0.3, -0.25) is 0 Å². The molecule has 0 heterocycles. The Bertz CT molecular complexity index is 2020. The lowest BCUT2D eigenvalue weighted by atomic mass is 10.0. The summed E-state index contributed by atoms with van der Waals surface area (Å²) in [5, 5.41) is 2.18. The molecule has 47 heavy (non-hydrogen) atoms. The van der Waals surface area contributed by atoms with Gasteiger partial charge in [-0.2, -0.15) is 0 Å². The van der Waals surface area contributed by atoms with Crippen molar-refractivity contribution in [2.24, 2.45) is 0 Å². The van der Waals surface area contributed by atoms with Gasteiger partial charge < -0.3 is 0 Å². The molecule has 7 aromatic carbocycles. The van der Waals surface area contributed by atoms with Crippen LogP contribution in [-0.2, 0) is 0 Å². The summed E-state index contributed by atoms with van der Waals surface area (Å²) in [7, 11) is -3.73. The zero-order valence-electron chi connectivity index (χ0n) is 25.2. The molecular weight excluding hydrogens is 609 g/mol. The van der Waals surface area contributed by atoms with Gasteiger partial charge in [0.15, 0.2) is 8.07 Å². The van der Waals surface area contributed by atoms with Crippen molar-refractivity contribution in [3.8, 4) is 33.4 Å². The Morgan fingerprint density at radius 1 is 0.277 bits per heavy atom. The first-order valence-electron chi connectivity index (χ1n) is 15.3. The molecule has 0 aromatic heterocycles. The maximum atomic E-state index is 16.2. The lowest BCUT2D eigenvalue weighted by Crippen LogP contribution is -2.76. The molecule has 7 rings (SSSR count). The zero-order chi connectivity index (χ0) is 32.4. The minimum atomic E-state index is -3.73. The van der Waals surface area contributed by atoms with E-state index in [9.17, 15) is 8.78 Å². The van der Waals surface area contributed by atoms with Gasteiger partial charge in [0.25, 0.3) is 0 Å². The van der Waals surface area contributed by atoms with Crippen LogP contribution in [0.1, 0.15) is 0 Å². The van der Waals surface area contributed by atoms with Crippen LogP contribution in [0.25, 0.3) is 33.4 Å². The molecule has 0 atom stereocenters. The van der Waals surface area contributed by atoms with Crippen LogP contribution in [0.4, 0.5) is 17.6 Å². The molecule has 0 unspecified atom stereocenters. The minimum absolute atomic E-state index is 0.00950. The van der Waals surface area contributed by atoms with Crippen molar-refractivity contribution in [2.45, 2.75) is 0 Å². The number of rotatable bonds is 7. The Morgan fingerprint density at radius 2 is 0.596 bits per heavy atom. The Hall–Kier alpha value is -5.52. The van der Waals surface area contributed by atoms with Crippen LogP contribution in [0.2, 0.25) is 0 Å². The largest absolute Gasteiger partial charge is 0.207 e. The molecule has 5 heteroatoms. The SMILES string of the molecule is Fc1cccc(F)c1-c1ccc([Si](c2ccc(-c3ccccc3)cc2)(c2ccc(-c3ccccc3)cc2)c2c(F)cccc2F)cc1. The highest BCUT2D eigenvalue weighted by Gasteiger charge is 2.45. The van der Waals surface area contributed by atoms with Gasteiger partial charge in [-0.15, -0.1) is 0 Å². The number of hydrogen-bond acceptors (Lipinski definition) is 0. The molecule has 0 aliphatic carbocycles. The average molecular weight is 637 g/mol. The summed E-state index contributed by atoms with van der Waals surface area (Å²) in [4.78, 5) is 0. The fourth-order valence-electron chi connectivity index (χ4n) is 6.54. The predicted molar refractivity (Wildman–Crippen MR) is 186 cm³/mol. The second-order valence-corrected chi connectivity index (χ2v) is 15.1. The Labute approximate surface area is 272 Å². The van der Waals surface area contributed by atoms with E-state index in [2.05, 4.69) is 0 Å². The van der Waals surface area contributed by atoms with Gasteiger partial charge in [0.05, 0.1) is 5.56 Å². The van der Waals surface area contributed by atoms with Crippen LogP contribution in [0, 0.1) is 23.3 Å². The molecule has 0 spiro atoms. The van der Waals surface area contributed by atoms with Crippen molar-refractivity contribution in [3.63, 3.8) is 0 Å². The van der Waals surface area contributed by atoms with E-state index in [0.29, 0.717) is 10.8 Å². The molecule has 0 amide bonds. The molecule has 0 fully saturated rings. The van der Waals surface area contributed by atoms with Crippen molar-refractivity contribution in [1.29, 1.82) is 0 Å². The van der Waals surface area contributed by atoms with E-state index < -0.39 is 31.3 Å². The third-order valence-corrected chi connectivity index (χ3v) is 13.6. The Kier molecular flexibility index (Phi) is 8.15. The fourth-order valence-corrected chi connectivity index (χ4v) is 11.3. The van der Waals surface area contributed by atoms with E-state index in [4.69, 9.17) is 0 Å². The van der Waals surface area contributed by atoms with E-state index in [-0.39, 0.29) is 10.8 Å². The highest BCUT2D eigenvalue weighted by atomic mass is 28.3. The van der Waals surface area contributed by atoms with Crippen molar-refractivity contribution in [2.75, 3.05) is 0 Å². The smallest absolute Gasteiger partial charge is 0.186 e. The lowest BCUT2D eigenvalue weighted by molar-refractivity contribution is 0.589. The Morgan fingerprint density at radius 3 is 0.979 bits per heavy atom. The van der Waals surface area contributed by atoms with E-state index in [0.717, 1.165) is 32.6 Å². The van der Waals surface area contributed by atoms with Crippen LogP contribution < -0.4 is 20.7 Å². The number of halogens is 4. The molecular formula is C42H28F4Si. The summed E-state index contributed by atoms with van der Waals surface area (Å²) < 4.78 is 62.1. The third-order valence-electron chi connectivity index (χ3n) is 8.76. The van der Waals surface area contributed by atoms with Crippen LogP contribution >= 0.6 is 0 Å². The molecule has 0 nitrogen and oxygen atoms in total. The summed E-state index contributed by atoms with van der Waals surface area (Å²) in [5.41, 5.74) is 4.16. The fraction of sp³-hybridized carbons (Fsp3) is 0. The summed E-state index contributed by atoms with van der Waals surface area (Å²) in [6, 6.07) is 50.0. The second-order valence-electron chi connectivity index (χ2n) is 11.4. The number of benzene rings is 7. The van der Waals surface area contributed by atoms with Gasteiger partial charge in [-0.25, -0.2) is 17.6 Å². The quantitative estimate of drug-likeness (QED) is 0.0934. The molecule has 0 aliphatic rings. The molecule has 0 bridgehead atoms. The normalized spacial score (nSPS) is 11.4. The van der Waals surface area contributed by atoms with Gasteiger partial charge in [-0.05, 0) is 67.6 Å². The first-order chi connectivity index (χ1) is 23.0. The average Bonchev–Trinajstić information content (AvgIpc) is 3.11. The minimum Gasteiger partial charge on any atom is -0.207 e. The molecule has 0 radical (unpaired) electrons. The molecule has 0 aliphatic heterocycles. The van der Waals surface area contributed by atoms with Gasteiger partial charge in [-0.1, -0.05) is 146 Å². The standard InChI is InChI=1S/C42H28F4Si/c43-37-13-7-14-38(44)41(37)33-21-27-36(28-22-33)47(42-39(45)15-8-16-40(42)46,34-23-17-31(18-24-34)29-9-3-1-4-10-29)35-25-19-32(20-26-35)30-11-5-2-6-12-30/h1-28H. The van der Waals surface area contributed by atoms with Gasteiger partial charge in [0.2, 0.25) is 0 Å². The maximum Gasteiger partial charge on any atom is 0.186 e. The lowest BCUT2D eigenvalue weighted by Gasteiger charge is -2.35. The van der Waals surface area contributed by atoms with E-state index >= 15 is 8.78 Å². The maximum absolute atomic E-state index is 16.2. The summed E-state index contributed by atoms with van der Waals surface area (Å²) in [6.07, 6.45) is 0. The second kappa shape index (κ2) is 12.7. The highest BCUT2D eigenvalue weighted by Crippen LogP contribution is 2.27. The first-order valence-corrected chi connectivity index (χ1v) is 17.3. The third kappa shape index (κ3) is 5.49. The van der Waals surface area contributed by atoms with Crippen LogP contribution in [0.5, 0.6) is 0 Å². The summed E-state index contributed by atoms with van der Waals surface area (Å²) in [6.45, 7) is 0. The molecule has 7 aromatic rings. The van der Waals surface area contributed by atoms with Crippen LogP contribution in [0.15, 0.2) is 170 Å². The monoisotopic (exact) mass is 636 g/mol. The van der Waals surface area contributed by atoms with Gasteiger partial charge in [0.1, 0.15) is 23.3 Å². The first kappa shape index (κ1) is 30.1. The van der Waals surface area contributed by atoms with E-state index in [1.807, 2.05) is 109 Å².